The monoisotopic (exact) mass is 425 g/mol. The SMILES string of the molecule is CCCCOC1CCC(NC(=O)c2cnc(-n3nc(C)c4ccc(F)cc43)nc2)CC1. The van der Waals surface area contributed by atoms with E-state index in [1.165, 1.54) is 29.2 Å². The zero-order valence-corrected chi connectivity index (χ0v) is 18.0. The van der Waals surface area contributed by atoms with Gasteiger partial charge in [0.1, 0.15) is 5.82 Å². The molecule has 1 aliphatic carbocycles. The van der Waals surface area contributed by atoms with E-state index in [1.54, 1.807) is 6.07 Å². The Bertz CT molecular complexity index is 1040. The number of benzene rings is 1. The van der Waals surface area contributed by atoms with Crippen molar-refractivity contribution in [2.45, 2.75) is 64.5 Å². The molecule has 8 heteroatoms. The topological polar surface area (TPSA) is 81.9 Å². The summed E-state index contributed by atoms with van der Waals surface area (Å²) < 4.78 is 21.1. The summed E-state index contributed by atoms with van der Waals surface area (Å²) in [7, 11) is 0. The van der Waals surface area contributed by atoms with Crippen LogP contribution in [0.3, 0.4) is 0 Å². The van der Waals surface area contributed by atoms with E-state index >= 15 is 0 Å². The average Bonchev–Trinajstić information content (AvgIpc) is 3.11. The van der Waals surface area contributed by atoms with Gasteiger partial charge >= 0.3 is 0 Å². The highest BCUT2D eigenvalue weighted by Crippen LogP contribution is 2.23. The second-order valence-electron chi connectivity index (χ2n) is 8.10. The Morgan fingerprint density at radius 3 is 2.68 bits per heavy atom. The maximum atomic E-state index is 13.7. The molecule has 1 N–H and O–H groups in total. The molecule has 0 bridgehead atoms. The number of ether oxygens (including phenoxy) is 1. The van der Waals surface area contributed by atoms with Crippen molar-refractivity contribution < 1.29 is 13.9 Å². The number of carbonyl (C=O) groups is 1. The van der Waals surface area contributed by atoms with Gasteiger partial charge in [-0.3, -0.25) is 4.79 Å². The molecule has 1 aliphatic rings. The number of hydrogen-bond donors (Lipinski definition) is 1. The highest BCUT2D eigenvalue weighted by molar-refractivity contribution is 5.93. The first-order valence-corrected chi connectivity index (χ1v) is 10.9. The lowest BCUT2D eigenvalue weighted by Gasteiger charge is -2.29. The van der Waals surface area contributed by atoms with Crippen LogP contribution >= 0.6 is 0 Å². The minimum Gasteiger partial charge on any atom is -0.378 e. The molecule has 4 rings (SSSR count). The highest BCUT2D eigenvalue weighted by Gasteiger charge is 2.23. The van der Waals surface area contributed by atoms with E-state index in [0.29, 0.717) is 23.1 Å². The van der Waals surface area contributed by atoms with E-state index in [1.807, 2.05) is 6.92 Å². The average molecular weight is 426 g/mol. The Hall–Kier alpha value is -2.87. The summed E-state index contributed by atoms with van der Waals surface area (Å²) in [6.45, 7) is 4.83. The van der Waals surface area contributed by atoms with Gasteiger partial charge in [0.2, 0.25) is 0 Å². The van der Waals surface area contributed by atoms with Crippen LogP contribution in [0.25, 0.3) is 16.9 Å². The van der Waals surface area contributed by atoms with E-state index in [4.69, 9.17) is 4.74 Å². The van der Waals surface area contributed by atoms with Gasteiger partial charge in [0.05, 0.1) is 22.9 Å². The Labute approximate surface area is 181 Å². The molecule has 31 heavy (non-hydrogen) atoms. The fourth-order valence-electron chi connectivity index (χ4n) is 3.98. The van der Waals surface area contributed by atoms with Crippen LogP contribution in [0.4, 0.5) is 4.39 Å². The number of unbranched alkanes of at least 4 members (excludes halogenated alkanes) is 1. The maximum Gasteiger partial charge on any atom is 0.254 e. The number of aryl methyl sites for hydroxylation is 1. The van der Waals surface area contributed by atoms with Gasteiger partial charge in [0.15, 0.2) is 0 Å². The molecular weight excluding hydrogens is 397 g/mol. The van der Waals surface area contributed by atoms with Crippen LogP contribution in [0, 0.1) is 12.7 Å². The summed E-state index contributed by atoms with van der Waals surface area (Å²) >= 11 is 0. The van der Waals surface area contributed by atoms with Gasteiger partial charge in [-0.05, 0) is 51.2 Å². The van der Waals surface area contributed by atoms with Crippen molar-refractivity contribution >= 4 is 16.8 Å². The van der Waals surface area contributed by atoms with Gasteiger partial charge in [0, 0.05) is 36.5 Å². The number of aromatic nitrogens is 4. The van der Waals surface area contributed by atoms with Crippen molar-refractivity contribution in [3.05, 3.63) is 47.7 Å². The number of rotatable bonds is 7. The Kier molecular flexibility index (Phi) is 6.56. The van der Waals surface area contributed by atoms with Crippen molar-refractivity contribution in [2.75, 3.05) is 6.61 Å². The van der Waals surface area contributed by atoms with Crippen LogP contribution in [0.5, 0.6) is 0 Å². The van der Waals surface area contributed by atoms with Gasteiger partial charge in [-0.1, -0.05) is 13.3 Å². The zero-order chi connectivity index (χ0) is 21.8. The molecule has 0 radical (unpaired) electrons. The Morgan fingerprint density at radius 2 is 1.97 bits per heavy atom. The number of amides is 1. The molecule has 1 aromatic carbocycles. The molecule has 0 unspecified atom stereocenters. The number of halogens is 1. The van der Waals surface area contributed by atoms with Crippen LogP contribution in [0.15, 0.2) is 30.6 Å². The van der Waals surface area contributed by atoms with E-state index in [2.05, 4.69) is 27.3 Å². The van der Waals surface area contributed by atoms with E-state index in [-0.39, 0.29) is 17.8 Å². The summed E-state index contributed by atoms with van der Waals surface area (Å²) in [5.41, 5.74) is 1.74. The van der Waals surface area contributed by atoms with Crippen molar-refractivity contribution in [3.63, 3.8) is 0 Å². The van der Waals surface area contributed by atoms with Crippen LogP contribution in [0.2, 0.25) is 0 Å². The fraction of sp³-hybridized carbons (Fsp3) is 0.478. The molecule has 2 aromatic heterocycles. The summed E-state index contributed by atoms with van der Waals surface area (Å²) in [5, 5.41) is 8.33. The van der Waals surface area contributed by atoms with Crippen molar-refractivity contribution in [2.24, 2.45) is 0 Å². The van der Waals surface area contributed by atoms with Gasteiger partial charge in [0.25, 0.3) is 11.9 Å². The maximum absolute atomic E-state index is 13.7. The lowest BCUT2D eigenvalue weighted by molar-refractivity contribution is 0.0209. The van der Waals surface area contributed by atoms with Gasteiger partial charge in [-0.2, -0.15) is 9.78 Å². The molecule has 0 aliphatic heterocycles. The van der Waals surface area contributed by atoms with Gasteiger partial charge in [-0.25, -0.2) is 14.4 Å². The first-order valence-electron chi connectivity index (χ1n) is 10.9. The molecule has 0 saturated heterocycles. The second-order valence-corrected chi connectivity index (χ2v) is 8.10. The summed E-state index contributed by atoms with van der Waals surface area (Å²) in [5.74, 6) is -0.241. The lowest BCUT2D eigenvalue weighted by atomic mass is 9.93. The summed E-state index contributed by atoms with van der Waals surface area (Å²) in [6, 6.07) is 4.63. The molecule has 1 amide bonds. The minimum atomic E-state index is -0.352. The van der Waals surface area contributed by atoms with Crippen LogP contribution in [-0.2, 0) is 4.74 Å². The van der Waals surface area contributed by atoms with Crippen LogP contribution in [0.1, 0.15) is 61.5 Å². The van der Waals surface area contributed by atoms with E-state index in [0.717, 1.165) is 56.2 Å². The number of carbonyl (C=O) groups excluding carboxylic acids is 1. The second kappa shape index (κ2) is 9.51. The third kappa shape index (κ3) is 4.90. The molecule has 2 heterocycles. The largest absolute Gasteiger partial charge is 0.378 e. The normalized spacial score (nSPS) is 18.9. The first-order chi connectivity index (χ1) is 15.0. The number of fused-ring (bicyclic) bond motifs is 1. The standard InChI is InChI=1S/C23H28FN5O2/c1-3-4-11-31-19-8-6-18(7-9-19)27-22(30)16-13-25-23(26-14-16)29-21-12-17(24)5-10-20(21)15(2)28-29/h5,10,12-14,18-19H,3-4,6-9,11H2,1-2H3,(H,27,30). The predicted molar refractivity (Wildman–Crippen MR) is 116 cm³/mol. The minimum absolute atomic E-state index is 0.138. The first kappa shape index (κ1) is 21.4. The number of hydrogen-bond acceptors (Lipinski definition) is 5. The van der Waals surface area contributed by atoms with Crippen LogP contribution in [-0.4, -0.2) is 44.4 Å². The smallest absolute Gasteiger partial charge is 0.254 e. The molecule has 1 fully saturated rings. The molecule has 0 atom stereocenters. The van der Waals surface area contributed by atoms with E-state index in [9.17, 15) is 9.18 Å². The van der Waals surface area contributed by atoms with Crippen LogP contribution < -0.4 is 5.32 Å². The third-order valence-corrected chi connectivity index (χ3v) is 5.78. The molecule has 0 spiro atoms. The number of nitrogens with one attached hydrogen (secondary N) is 1. The summed E-state index contributed by atoms with van der Waals surface area (Å²) in [6.07, 6.45) is 9.25. The summed E-state index contributed by atoms with van der Waals surface area (Å²) in [4.78, 5) is 21.2. The molecule has 3 aromatic rings. The van der Waals surface area contributed by atoms with Crippen molar-refractivity contribution in [1.29, 1.82) is 0 Å². The highest BCUT2D eigenvalue weighted by atomic mass is 19.1. The molecule has 1 saturated carbocycles. The molecule has 7 nitrogen and oxygen atoms in total. The fourth-order valence-corrected chi connectivity index (χ4v) is 3.98. The zero-order valence-electron chi connectivity index (χ0n) is 18.0. The van der Waals surface area contributed by atoms with Gasteiger partial charge in [-0.15, -0.1) is 0 Å². The van der Waals surface area contributed by atoms with E-state index < -0.39 is 0 Å². The quantitative estimate of drug-likeness (QED) is 0.576. The number of nitrogens with zero attached hydrogens (tertiary/aromatic N) is 4. The van der Waals surface area contributed by atoms with Gasteiger partial charge < -0.3 is 10.1 Å². The molecule has 164 valence electrons. The Balaban J connectivity index is 1.38. The van der Waals surface area contributed by atoms with Crippen molar-refractivity contribution in [3.8, 4) is 5.95 Å². The predicted octanol–water partition coefficient (Wildman–Crippen LogP) is 4.12. The Morgan fingerprint density at radius 1 is 1.23 bits per heavy atom. The molecular formula is C23H28FN5O2. The lowest BCUT2D eigenvalue weighted by Crippen LogP contribution is -2.39. The van der Waals surface area contributed by atoms with Crippen molar-refractivity contribution in [1.82, 2.24) is 25.1 Å². The third-order valence-electron chi connectivity index (χ3n) is 5.78.